The van der Waals surface area contributed by atoms with Crippen LogP contribution in [0.1, 0.15) is 52.4 Å². The lowest BCUT2D eigenvalue weighted by molar-refractivity contribution is -0.292. The Kier molecular flexibility index (Phi) is 16.4. The van der Waals surface area contributed by atoms with Crippen molar-refractivity contribution in [3.8, 4) is 0 Å². The molecule has 2 heterocycles. The summed E-state index contributed by atoms with van der Waals surface area (Å²) in [6.07, 6.45) is -9.01. The van der Waals surface area contributed by atoms with Gasteiger partial charge in [0.2, 0.25) is 23.6 Å². The number of hydrogen-bond donors (Lipinski definition) is 9. The predicted molar refractivity (Wildman–Crippen MR) is 150 cm³/mol. The van der Waals surface area contributed by atoms with Crippen molar-refractivity contribution < 1.29 is 63.7 Å². The third-order valence-corrected chi connectivity index (χ3v) is 7.19. The van der Waals surface area contributed by atoms with Crippen molar-refractivity contribution >= 4 is 23.6 Å². The molecule has 0 aliphatic carbocycles. The molecule has 2 saturated heterocycles. The fraction of sp³-hybridized carbons (Fsp3) is 0.852. The van der Waals surface area contributed by atoms with Crippen molar-refractivity contribution in [2.75, 3.05) is 33.4 Å². The van der Waals surface area contributed by atoms with E-state index in [-0.39, 0.29) is 57.6 Å². The van der Waals surface area contributed by atoms with E-state index in [1.807, 2.05) is 0 Å². The number of rotatable bonds is 17. The molecule has 0 radical (unpaired) electrons. The first-order chi connectivity index (χ1) is 20.8. The molecule has 0 spiro atoms. The smallest absolute Gasteiger partial charge is 0.243 e. The van der Waals surface area contributed by atoms with E-state index in [1.165, 1.54) is 14.0 Å². The number of aliphatic hydroxyl groups is 5. The predicted octanol–water partition coefficient (Wildman–Crippen LogP) is -3.88. The average molecular weight is 637 g/mol. The molecule has 17 heteroatoms. The normalized spacial score (nSPS) is 31.0. The monoisotopic (exact) mass is 636 g/mol. The minimum Gasteiger partial charge on any atom is -0.390 e. The molecule has 0 aromatic heterocycles. The van der Waals surface area contributed by atoms with Crippen LogP contribution in [0.4, 0.5) is 0 Å². The van der Waals surface area contributed by atoms with Crippen molar-refractivity contribution in [2.45, 2.75) is 114 Å². The molecule has 2 rings (SSSR count). The second-order valence-corrected chi connectivity index (χ2v) is 10.9. The van der Waals surface area contributed by atoms with Gasteiger partial charge in [-0.1, -0.05) is 0 Å². The highest BCUT2D eigenvalue weighted by Crippen LogP contribution is 2.22. The second kappa shape index (κ2) is 19.1. The van der Waals surface area contributed by atoms with Gasteiger partial charge in [0.05, 0.1) is 37.9 Å². The van der Waals surface area contributed by atoms with E-state index < -0.39 is 79.4 Å². The Morgan fingerprint density at radius 3 is 2.00 bits per heavy atom. The zero-order valence-corrected chi connectivity index (χ0v) is 25.3. The molecule has 10 unspecified atom stereocenters. The number of hydrogen-bond acceptors (Lipinski definition) is 13. The van der Waals surface area contributed by atoms with Crippen LogP contribution >= 0.6 is 0 Å². The van der Waals surface area contributed by atoms with Crippen molar-refractivity contribution in [3.05, 3.63) is 0 Å². The van der Waals surface area contributed by atoms with Gasteiger partial charge < -0.3 is 65.7 Å². The maximum Gasteiger partial charge on any atom is 0.243 e. The molecule has 0 bridgehead atoms. The average Bonchev–Trinajstić information content (AvgIpc) is 2.98. The fourth-order valence-corrected chi connectivity index (χ4v) is 4.58. The third kappa shape index (κ3) is 12.5. The van der Waals surface area contributed by atoms with Gasteiger partial charge in [-0.3, -0.25) is 19.2 Å². The first kappa shape index (κ1) is 37.7. The summed E-state index contributed by atoms with van der Waals surface area (Å²) in [6, 6.07) is -1.25. The van der Waals surface area contributed by atoms with Gasteiger partial charge in [-0.15, -0.1) is 0 Å². The molecule has 9 N–H and O–H groups in total. The van der Waals surface area contributed by atoms with Crippen molar-refractivity contribution in [3.63, 3.8) is 0 Å². The molecule has 254 valence electrons. The van der Waals surface area contributed by atoms with Crippen LogP contribution in [0.25, 0.3) is 0 Å². The van der Waals surface area contributed by atoms with Gasteiger partial charge in [-0.25, -0.2) is 0 Å². The summed E-state index contributed by atoms with van der Waals surface area (Å²) < 4.78 is 21.6. The topological polar surface area (TPSA) is 254 Å². The van der Waals surface area contributed by atoms with Crippen molar-refractivity contribution in [2.24, 2.45) is 0 Å². The van der Waals surface area contributed by atoms with E-state index in [1.54, 1.807) is 6.92 Å². The number of aliphatic hydroxyl groups excluding tert-OH is 5. The standard InChI is InChI=1S/C27H48N4O13/c1-14-12-17(32)22(37)26(43-14)41-10-8-29-20(35)13-16(31-19(34)7-5-4-6-18(33)28-3)25(40)30-9-11-42-27-24(39)23(38)21(36)15(2)44-27/h14-17,21-24,26-27,32,36-39H,4-13H2,1-3H3,(H,28,33)(H,29,35)(H,30,40)(H,31,34). The van der Waals surface area contributed by atoms with Gasteiger partial charge in [0, 0.05) is 39.4 Å². The van der Waals surface area contributed by atoms with Gasteiger partial charge in [0.1, 0.15) is 30.5 Å². The lowest BCUT2D eigenvalue weighted by atomic mass is 10.0. The van der Waals surface area contributed by atoms with Crippen molar-refractivity contribution in [1.29, 1.82) is 0 Å². The molecule has 10 atom stereocenters. The molecule has 0 aromatic rings. The summed E-state index contributed by atoms with van der Waals surface area (Å²) in [5, 5.41) is 59.7. The highest BCUT2D eigenvalue weighted by Gasteiger charge is 2.42. The molecule has 44 heavy (non-hydrogen) atoms. The van der Waals surface area contributed by atoms with Gasteiger partial charge >= 0.3 is 0 Å². The van der Waals surface area contributed by atoms with Gasteiger partial charge in [0.25, 0.3) is 0 Å². The summed E-state index contributed by atoms with van der Waals surface area (Å²) in [5.74, 6) is -1.92. The molecular weight excluding hydrogens is 588 g/mol. The van der Waals surface area contributed by atoms with Crippen LogP contribution in [-0.2, 0) is 38.1 Å². The van der Waals surface area contributed by atoms with Crippen LogP contribution in [0.15, 0.2) is 0 Å². The SMILES string of the molecule is CNC(=O)CCCCC(=O)NC(CC(=O)NCCOC1OC(C)CC(O)C1O)C(=O)NCCOC1OC(C)C(O)C(O)C1O. The Hall–Kier alpha value is -2.48. The second-order valence-electron chi connectivity index (χ2n) is 10.9. The summed E-state index contributed by atoms with van der Waals surface area (Å²) in [5.41, 5.74) is 0. The Morgan fingerprint density at radius 2 is 1.36 bits per heavy atom. The Balaban J connectivity index is 1.84. The summed E-state index contributed by atoms with van der Waals surface area (Å²) in [6.45, 7) is 2.91. The van der Waals surface area contributed by atoms with E-state index in [2.05, 4.69) is 21.3 Å². The number of carbonyl (C=O) groups excluding carboxylic acids is 4. The van der Waals surface area contributed by atoms with E-state index in [9.17, 15) is 44.7 Å². The first-order valence-electron chi connectivity index (χ1n) is 14.8. The highest BCUT2D eigenvalue weighted by atomic mass is 16.7. The largest absolute Gasteiger partial charge is 0.390 e. The third-order valence-electron chi connectivity index (χ3n) is 7.19. The number of amides is 4. The summed E-state index contributed by atoms with van der Waals surface area (Å²) in [7, 11) is 1.51. The summed E-state index contributed by atoms with van der Waals surface area (Å²) in [4.78, 5) is 49.4. The maximum absolute atomic E-state index is 12.9. The van der Waals surface area contributed by atoms with Crippen LogP contribution in [0.5, 0.6) is 0 Å². The number of carbonyl (C=O) groups is 4. The minimum atomic E-state index is -1.51. The zero-order valence-electron chi connectivity index (χ0n) is 25.3. The molecule has 0 saturated carbocycles. The summed E-state index contributed by atoms with van der Waals surface area (Å²) >= 11 is 0. The van der Waals surface area contributed by atoms with Crippen LogP contribution in [0.2, 0.25) is 0 Å². The Morgan fingerprint density at radius 1 is 0.773 bits per heavy atom. The molecule has 4 amide bonds. The molecular formula is C27H48N4O13. The fourth-order valence-electron chi connectivity index (χ4n) is 4.58. The maximum atomic E-state index is 12.9. The number of unbranched alkanes of at least 4 members (excludes halogenated alkanes) is 1. The van der Waals surface area contributed by atoms with Crippen LogP contribution in [0.3, 0.4) is 0 Å². The quantitative estimate of drug-likeness (QED) is 0.0694. The van der Waals surface area contributed by atoms with E-state index in [0.717, 1.165) is 0 Å². The first-order valence-corrected chi connectivity index (χ1v) is 14.8. The van der Waals surface area contributed by atoms with Gasteiger partial charge in [-0.05, 0) is 26.7 Å². The minimum absolute atomic E-state index is 0.00576. The lowest BCUT2D eigenvalue weighted by Crippen LogP contribution is -2.57. The molecule has 2 fully saturated rings. The van der Waals surface area contributed by atoms with Crippen LogP contribution < -0.4 is 21.3 Å². The number of ether oxygens (including phenoxy) is 4. The molecule has 0 aromatic carbocycles. The van der Waals surface area contributed by atoms with E-state index in [0.29, 0.717) is 12.8 Å². The number of nitrogens with one attached hydrogen (secondary N) is 4. The highest BCUT2D eigenvalue weighted by molar-refractivity contribution is 5.92. The Labute approximate surface area is 255 Å². The molecule has 17 nitrogen and oxygen atoms in total. The van der Waals surface area contributed by atoms with Crippen molar-refractivity contribution in [1.82, 2.24) is 21.3 Å². The molecule has 2 aliphatic heterocycles. The Bertz CT molecular complexity index is 928. The van der Waals surface area contributed by atoms with E-state index >= 15 is 0 Å². The molecule has 2 aliphatic rings. The van der Waals surface area contributed by atoms with Crippen LogP contribution in [-0.4, -0.2) is 144 Å². The van der Waals surface area contributed by atoms with Gasteiger partial charge in [0.15, 0.2) is 12.6 Å². The van der Waals surface area contributed by atoms with E-state index in [4.69, 9.17) is 18.9 Å². The lowest BCUT2D eigenvalue weighted by Gasteiger charge is -2.38. The zero-order chi connectivity index (χ0) is 32.8. The van der Waals surface area contributed by atoms with Gasteiger partial charge in [-0.2, -0.15) is 0 Å². The van der Waals surface area contributed by atoms with Crippen LogP contribution in [0, 0.1) is 0 Å².